The third-order valence-electron chi connectivity index (χ3n) is 2.27. The second kappa shape index (κ2) is 2.44. The van der Waals surface area contributed by atoms with Crippen LogP contribution in [0.15, 0.2) is 0 Å². The molecule has 11 heavy (non-hydrogen) atoms. The number of hydrogen-bond donors (Lipinski definition) is 2. The van der Waals surface area contributed by atoms with Gasteiger partial charge in [0.15, 0.2) is 0 Å². The van der Waals surface area contributed by atoms with E-state index in [9.17, 15) is 9.18 Å². The van der Waals surface area contributed by atoms with Crippen LogP contribution in [0.5, 0.6) is 0 Å². The van der Waals surface area contributed by atoms with E-state index in [-0.39, 0.29) is 0 Å². The lowest BCUT2D eigenvalue weighted by Gasteiger charge is -2.18. The number of aliphatic hydroxyl groups excluding tert-OH is 1. The summed E-state index contributed by atoms with van der Waals surface area (Å²) in [5, 5.41) is 17.3. The highest BCUT2D eigenvalue weighted by atomic mass is 19.1. The van der Waals surface area contributed by atoms with Gasteiger partial charge in [0.2, 0.25) is 6.17 Å². The number of rotatable bonds is 3. The molecular weight excluding hydrogens is 151 g/mol. The van der Waals surface area contributed by atoms with Crippen molar-refractivity contribution in [1.82, 2.24) is 0 Å². The maximum Gasteiger partial charge on any atom is 0.341 e. The highest BCUT2D eigenvalue weighted by Gasteiger charge is 2.49. The molecule has 1 fully saturated rings. The Morgan fingerprint density at radius 2 is 2.09 bits per heavy atom. The molecule has 1 aliphatic carbocycles. The van der Waals surface area contributed by atoms with Gasteiger partial charge in [0, 0.05) is 0 Å². The Bertz CT molecular complexity index is 177. The lowest BCUT2D eigenvalue weighted by Crippen LogP contribution is -2.35. The van der Waals surface area contributed by atoms with Gasteiger partial charge in [-0.05, 0) is 18.3 Å². The van der Waals surface area contributed by atoms with Gasteiger partial charge in [-0.1, -0.05) is 6.92 Å². The van der Waals surface area contributed by atoms with E-state index in [1.807, 2.05) is 0 Å². The van der Waals surface area contributed by atoms with Crippen molar-refractivity contribution in [3.8, 4) is 0 Å². The molecule has 1 aliphatic rings. The number of aliphatic hydroxyl groups is 1. The van der Waals surface area contributed by atoms with Crippen molar-refractivity contribution in [2.75, 3.05) is 0 Å². The molecule has 2 unspecified atom stereocenters. The van der Waals surface area contributed by atoms with Crippen molar-refractivity contribution >= 4 is 5.97 Å². The zero-order valence-electron chi connectivity index (χ0n) is 6.25. The van der Waals surface area contributed by atoms with Crippen LogP contribution in [0.25, 0.3) is 0 Å². The Kier molecular flexibility index (Phi) is 1.88. The van der Waals surface area contributed by atoms with Crippen molar-refractivity contribution in [2.24, 2.45) is 5.41 Å². The first kappa shape index (κ1) is 8.46. The first-order chi connectivity index (χ1) is 4.97. The highest BCUT2D eigenvalue weighted by Crippen LogP contribution is 2.49. The van der Waals surface area contributed by atoms with Gasteiger partial charge in [0.25, 0.3) is 0 Å². The van der Waals surface area contributed by atoms with Crippen molar-refractivity contribution < 1.29 is 19.4 Å². The lowest BCUT2D eigenvalue weighted by atomic mass is 9.98. The normalized spacial score (nSPS) is 25.7. The summed E-state index contributed by atoms with van der Waals surface area (Å²) in [6, 6.07) is 0. The van der Waals surface area contributed by atoms with Gasteiger partial charge in [-0.2, -0.15) is 0 Å². The second-order valence-electron chi connectivity index (χ2n) is 3.34. The third kappa shape index (κ3) is 1.50. The topological polar surface area (TPSA) is 57.5 Å². The van der Waals surface area contributed by atoms with Gasteiger partial charge in [0.1, 0.15) is 6.10 Å². The number of halogens is 1. The molecule has 0 spiro atoms. The Morgan fingerprint density at radius 3 is 2.36 bits per heavy atom. The average Bonchev–Trinajstić information content (AvgIpc) is 2.66. The molecule has 64 valence electrons. The van der Waals surface area contributed by atoms with Gasteiger partial charge in [0.05, 0.1) is 0 Å². The number of carboxylic acids is 1. The predicted molar refractivity (Wildman–Crippen MR) is 35.9 cm³/mol. The summed E-state index contributed by atoms with van der Waals surface area (Å²) < 4.78 is 12.6. The minimum atomic E-state index is -2.14. The van der Waals surface area contributed by atoms with Crippen molar-refractivity contribution in [1.29, 1.82) is 0 Å². The van der Waals surface area contributed by atoms with Crippen LogP contribution in [0.1, 0.15) is 19.8 Å². The van der Waals surface area contributed by atoms with Crippen LogP contribution < -0.4 is 0 Å². The second-order valence-corrected chi connectivity index (χ2v) is 3.34. The fourth-order valence-electron chi connectivity index (χ4n) is 0.981. The fraction of sp³-hybridized carbons (Fsp3) is 0.857. The van der Waals surface area contributed by atoms with Gasteiger partial charge < -0.3 is 10.2 Å². The van der Waals surface area contributed by atoms with E-state index in [1.165, 1.54) is 0 Å². The van der Waals surface area contributed by atoms with Crippen LogP contribution in [0, 0.1) is 5.41 Å². The van der Waals surface area contributed by atoms with Gasteiger partial charge >= 0.3 is 5.97 Å². The largest absolute Gasteiger partial charge is 0.479 e. The molecule has 1 rings (SSSR count). The first-order valence-electron chi connectivity index (χ1n) is 3.52. The molecular formula is C7H11FO3. The summed E-state index contributed by atoms with van der Waals surface area (Å²) in [6.45, 7) is 1.69. The Balaban J connectivity index is 2.53. The smallest absolute Gasteiger partial charge is 0.341 e. The van der Waals surface area contributed by atoms with Crippen LogP contribution in [0.2, 0.25) is 0 Å². The molecule has 0 aromatic heterocycles. The first-order valence-corrected chi connectivity index (χ1v) is 3.52. The molecule has 3 nitrogen and oxygen atoms in total. The number of alkyl halides is 1. The molecule has 0 heterocycles. The third-order valence-corrected chi connectivity index (χ3v) is 2.27. The summed E-state index contributed by atoms with van der Waals surface area (Å²) in [4.78, 5) is 10.1. The van der Waals surface area contributed by atoms with E-state index in [0.29, 0.717) is 12.8 Å². The standard InChI is InChI=1S/C7H11FO3/c1-7(2-3-7)5(9)4(8)6(10)11/h4-5,9H,2-3H2,1H3,(H,10,11). The fourth-order valence-corrected chi connectivity index (χ4v) is 0.981. The maximum atomic E-state index is 12.6. The van der Waals surface area contributed by atoms with Crippen LogP contribution in [-0.4, -0.2) is 28.5 Å². The van der Waals surface area contributed by atoms with Gasteiger partial charge in [-0.15, -0.1) is 0 Å². The van der Waals surface area contributed by atoms with E-state index in [0.717, 1.165) is 0 Å². The predicted octanol–water partition coefficient (Wildman–Crippen LogP) is 0.570. The van der Waals surface area contributed by atoms with E-state index < -0.39 is 23.7 Å². The van der Waals surface area contributed by atoms with Crippen LogP contribution in [0.3, 0.4) is 0 Å². The van der Waals surface area contributed by atoms with Crippen molar-refractivity contribution in [3.63, 3.8) is 0 Å². The molecule has 0 aromatic carbocycles. The van der Waals surface area contributed by atoms with Gasteiger partial charge in [-0.25, -0.2) is 9.18 Å². The molecule has 1 saturated carbocycles. The number of hydrogen-bond acceptors (Lipinski definition) is 2. The summed E-state index contributed by atoms with van der Waals surface area (Å²) in [5.41, 5.74) is -0.488. The molecule has 4 heteroatoms. The molecule has 2 N–H and O–H groups in total. The molecule has 0 bridgehead atoms. The van der Waals surface area contributed by atoms with Gasteiger partial charge in [-0.3, -0.25) is 0 Å². The zero-order valence-corrected chi connectivity index (χ0v) is 6.25. The minimum Gasteiger partial charge on any atom is -0.479 e. The monoisotopic (exact) mass is 162 g/mol. The van der Waals surface area contributed by atoms with Crippen molar-refractivity contribution in [3.05, 3.63) is 0 Å². The summed E-state index contributed by atoms with van der Waals surface area (Å²) in [5.74, 6) is -1.58. The maximum absolute atomic E-state index is 12.6. The molecule has 2 atom stereocenters. The number of aliphatic carboxylic acids is 1. The van der Waals surface area contributed by atoms with Crippen LogP contribution in [0.4, 0.5) is 4.39 Å². The van der Waals surface area contributed by atoms with E-state index in [4.69, 9.17) is 10.2 Å². The number of carboxylic acid groups (broad SMARTS) is 1. The zero-order chi connectivity index (χ0) is 8.65. The molecule has 0 radical (unpaired) electrons. The molecule has 0 saturated heterocycles. The average molecular weight is 162 g/mol. The highest BCUT2D eigenvalue weighted by molar-refractivity contribution is 5.73. The quantitative estimate of drug-likeness (QED) is 0.637. The summed E-state index contributed by atoms with van der Waals surface area (Å²) in [7, 11) is 0. The Morgan fingerprint density at radius 1 is 1.64 bits per heavy atom. The van der Waals surface area contributed by atoms with E-state index >= 15 is 0 Å². The van der Waals surface area contributed by atoms with Crippen LogP contribution >= 0.6 is 0 Å². The minimum absolute atomic E-state index is 0.488. The van der Waals surface area contributed by atoms with Crippen molar-refractivity contribution in [2.45, 2.75) is 32.0 Å². The SMILES string of the molecule is CC1(C(O)C(F)C(=O)O)CC1. The summed E-state index contributed by atoms with van der Waals surface area (Å²) in [6.07, 6.45) is -2.06. The van der Waals surface area contributed by atoms with Crippen LogP contribution in [-0.2, 0) is 4.79 Å². The Labute approximate surface area is 63.8 Å². The molecule has 0 amide bonds. The number of carbonyl (C=O) groups is 1. The van der Waals surface area contributed by atoms with E-state index in [1.54, 1.807) is 6.92 Å². The van der Waals surface area contributed by atoms with E-state index in [2.05, 4.69) is 0 Å². The molecule has 0 aliphatic heterocycles. The Hall–Kier alpha value is -0.640. The molecule has 0 aromatic rings. The lowest BCUT2D eigenvalue weighted by molar-refractivity contribution is -0.149. The summed E-state index contributed by atoms with van der Waals surface area (Å²) >= 11 is 0.